The lowest BCUT2D eigenvalue weighted by Gasteiger charge is -2.16. The van der Waals surface area contributed by atoms with Crippen molar-refractivity contribution in [2.24, 2.45) is 5.92 Å². The van der Waals surface area contributed by atoms with Gasteiger partial charge in [0.25, 0.3) is 0 Å². The summed E-state index contributed by atoms with van der Waals surface area (Å²) in [5.74, 6) is -2.11. The Morgan fingerprint density at radius 1 is 1.26 bits per heavy atom. The van der Waals surface area contributed by atoms with E-state index in [1.165, 1.54) is 6.92 Å². The van der Waals surface area contributed by atoms with Gasteiger partial charge in [0.2, 0.25) is 5.91 Å². The minimum Gasteiger partial charge on any atom is -0.480 e. The number of nitrogens with one attached hydrogen (secondary N) is 2. The Bertz CT molecular complexity index is 324. The van der Waals surface area contributed by atoms with E-state index in [9.17, 15) is 14.4 Å². The predicted molar refractivity (Wildman–Crippen MR) is 68.7 cm³/mol. The third-order valence-corrected chi connectivity index (χ3v) is 2.65. The van der Waals surface area contributed by atoms with Crippen molar-refractivity contribution in [3.8, 4) is 0 Å². The van der Waals surface area contributed by atoms with Gasteiger partial charge in [0.05, 0.1) is 0 Å². The lowest BCUT2D eigenvalue weighted by molar-refractivity contribution is -0.142. The number of amides is 1. The molecule has 1 rings (SSSR count). The molecular formula is C12H22N2O5. The molecule has 19 heavy (non-hydrogen) atoms. The molecule has 0 aliphatic carbocycles. The molecule has 1 aliphatic rings. The second-order valence-corrected chi connectivity index (χ2v) is 4.75. The summed E-state index contributed by atoms with van der Waals surface area (Å²) >= 11 is 0. The maximum Gasteiger partial charge on any atom is 0.326 e. The lowest BCUT2D eigenvalue weighted by Crippen LogP contribution is -2.43. The molecule has 1 saturated heterocycles. The summed E-state index contributed by atoms with van der Waals surface area (Å²) in [6.07, 6.45) is 1.78. The van der Waals surface area contributed by atoms with Crippen LogP contribution in [0, 0.1) is 5.92 Å². The van der Waals surface area contributed by atoms with Crippen molar-refractivity contribution in [3.63, 3.8) is 0 Å². The van der Waals surface area contributed by atoms with E-state index in [1.54, 1.807) is 13.8 Å². The standard InChI is InChI=1S/C7H13NO3.C5H9NO2/c1-4(2)6(7(10)11)8-5(3)9;7-5(8)4-2-1-3-6-4/h4,6H,1-3H3,(H,8,9)(H,10,11);4,6H,1-3H2,(H,7,8)/t;4-/m.0/s1. The fraction of sp³-hybridized carbons (Fsp3) is 0.750. The van der Waals surface area contributed by atoms with Gasteiger partial charge in [0.1, 0.15) is 12.1 Å². The lowest BCUT2D eigenvalue weighted by atomic mass is 10.1. The van der Waals surface area contributed by atoms with Crippen LogP contribution in [0.15, 0.2) is 0 Å². The molecule has 0 saturated carbocycles. The maximum atomic E-state index is 10.5. The van der Waals surface area contributed by atoms with Crippen LogP contribution in [-0.2, 0) is 14.4 Å². The molecule has 1 amide bonds. The average Bonchev–Trinajstić information content (AvgIpc) is 2.79. The second kappa shape index (κ2) is 8.47. The van der Waals surface area contributed by atoms with Gasteiger partial charge in [-0.1, -0.05) is 13.8 Å². The topological polar surface area (TPSA) is 116 Å². The van der Waals surface area contributed by atoms with Crippen LogP contribution in [0.1, 0.15) is 33.6 Å². The highest BCUT2D eigenvalue weighted by atomic mass is 16.4. The molecule has 2 atom stereocenters. The Labute approximate surface area is 112 Å². The van der Waals surface area contributed by atoms with Crippen LogP contribution in [0.2, 0.25) is 0 Å². The minimum absolute atomic E-state index is 0.0867. The van der Waals surface area contributed by atoms with Gasteiger partial charge in [-0.15, -0.1) is 0 Å². The SMILES string of the molecule is CC(=O)NC(C(=O)O)C(C)C.O=C(O)[C@@H]1CCCN1. The van der Waals surface area contributed by atoms with Crippen molar-refractivity contribution in [2.75, 3.05) is 6.54 Å². The Morgan fingerprint density at radius 3 is 2.00 bits per heavy atom. The molecule has 4 N–H and O–H groups in total. The smallest absolute Gasteiger partial charge is 0.326 e. The number of aliphatic carboxylic acids is 2. The number of hydrogen-bond acceptors (Lipinski definition) is 4. The first-order chi connectivity index (χ1) is 8.75. The van der Waals surface area contributed by atoms with Gasteiger partial charge < -0.3 is 20.8 Å². The molecule has 7 heteroatoms. The normalized spacial score (nSPS) is 19.3. The summed E-state index contributed by atoms with van der Waals surface area (Å²) in [7, 11) is 0. The van der Waals surface area contributed by atoms with Crippen LogP contribution in [0.4, 0.5) is 0 Å². The number of carbonyl (C=O) groups is 3. The zero-order chi connectivity index (χ0) is 15.0. The van der Waals surface area contributed by atoms with Gasteiger partial charge >= 0.3 is 11.9 Å². The van der Waals surface area contributed by atoms with E-state index in [0.717, 1.165) is 19.4 Å². The van der Waals surface area contributed by atoms with Crippen molar-refractivity contribution in [1.82, 2.24) is 10.6 Å². The van der Waals surface area contributed by atoms with Crippen molar-refractivity contribution in [2.45, 2.75) is 45.7 Å². The first-order valence-electron chi connectivity index (χ1n) is 6.21. The van der Waals surface area contributed by atoms with Gasteiger partial charge in [0.15, 0.2) is 0 Å². The van der Waals surface area contributed by atoms with Crippen LogP contribution < -0.4 is 10.6 Å². The highest BCUT2D eigenvalue weighted by Crippen LogP contribution is 2.03. The maximum absolute atomic E-state index is 10.5. The zero-order valence-electron chi connectivity index (χ0n) is 11.5. The van der Waals surface area contributed by atoms with Crippen molar-refractivity contribution in [3.05, 3.63) is 0 Å². The summed E-state index contributed by atoms with van der Waals surface area (Å²) in [6, 6.07) is -1.04. The van der Waals surface area contributed by atoms with Crippen LogP contribution in [0.3, 0.4) is 0 Å². The molecule has 0 spiro atoms. The largest absolute Gasteiger partial charge is 0.480 e. The molecule has 1 aliphatic heterocycles. The molecule has 110 valence electrons. The fourth-order valence-corrected chi connectivity index (χ4v) is 1.63. The summed E-state index contributed by atoms with van der Waals surface area (Å²) in [4.78, 5) is 31.1. The van der Waals surface area contributed by atoms with E-state index >= 15 is 0 Å². The van der Waals surface area contributed by atoms with Gasteiger partial charge in [0, 0.05) is 6.92 Å². The van der Waals surface area contributed by atoms with E-state index in [0.29, 0.717) is 0 Å². The summed E-state index contributed by atoms with van der Waals surface area (Å²) in [5, 5.41) is 22.1. The zero-order valence-corrected chi connectivity index (χ0v) is 11.5. The highest BCUT2D eigenvalue weighted by molar-refractivity contribution is 5.82. The van der Waals surface area contributed by atoms with Crippen molar-refractivity contribution < 1.29 is 24.6 Å². The van der Waals surface area contributed by atoms with E-state index in [1.807, 2.05) is 0 Å². The number of rotatable bonds is 4. The van der Waals surface area contributed by atoms with Crippen LogP contribution in [0.25, 0.3) is 0 Å². The quantitative estimate of drug-likeness (QED) is 0.576. The summed E-state index contributed by atoms with van der Waals surface area (Å²) in [5.41, 5.74) is 0. The summed E-state index contributed by atoms with van der Waals surface area (Å²) in [6.45, 7) is 5.65. The van der Waals surface area contributed by atoms with Crippen molar-refractivity contribution in [1.29, 1.82) is 0 Å². The average molecular weight is 274 g/mol. The van der Waals surface area contributed by atoms with Gasteiger partial charge in [-0.2, -0.15) is 0 Å². The van der Waals surface area contributed by atoms with E-state index in [4.69, 9.17) is 10.2 Å². The molecule has 1 fully saturated rings. The Hall–Kier alpha value is -1.63. The van der Waals surface area contributed by atoms with Gasteiger partial charge in [-0.25, -0.2) is 4.79 Å². The Morgan fingerprint density at radius 2 is 1.84 bits per heavy atom. The minimum atomic E-state index is -0.991. The predicted octanol–water partition coefficient (Wildman–Crippen LogP) is 0.0547. The summed E-state index contributed by atoms with van der Waals surface area (Å²) < 4.78 is 0. The van der Waals surface area contributed by atoms with Gasteiger partial charge in [-0.05, 0) is 25.3 Å². The molecule has 7 nitrogen and oxygen atoms in total. The van der Waals surface area contributed by atoms with E-state index in [2.05, 4.69) is 10.6 Å². The van der Waals surface area contributed by atoms with Crippen LogP contribution in [-0.4, -0.2) is 46.7 Å². The number of carboxylic acids is 2. The molecule has 1 heterocycles. The number of carbonyl (C=O) groups excluding carboxylic acids is 1. The number of carboxylic acid groups (broad SMARTS) is 2. The Balaban J connectivity index is 0.000000356. The van der Waals surface area contributed by atoms with Crippen LogP contribution in [0.5, 0.6) is 0 Å². The molecule has 0 aromatic rings. The molecule has 0 radical (unpaired) electrons. The first kappa shape index (κ1) is 17.4. The molecule has 1 unspecified atom stereocenters. The van der Waals surface area contributed by atoms with E-state index in [-0.39, 0.29) is 17.9 Å². The Kier molecular flexibility index (Phi) is 7.74. The van der Waals surface area contributed by atoms with Gasteiger partial charge in [-0.3, -0.25) is 9.59 Å². The highest BCUT2D eigenvalue weighted by Gasteiger charge is 2.21. The third kappa shape index (κ3) is 7.40. The molecule has 0 bridgehead atoms. The first-order valence-corrected chi connectivity index (χ1v) is 6.21. The molecule has 0 aromatic heterocycles. The van der Waals surface area contributed by atoms with Crippen LogP contribution >= 0.6 is 0 Å². The fourth-order valence-electron chi connectivity index (χ4n) is 1.63. The third-order valence-electron chi connectivity index (χ3n) is 2.65. The molecular weight excluding hydrogens is 252 g/mol. The molecule has 0 aromatic carbocycles. The second-order valence-electron chi connectivity index (χ2n) is 4.75. The van der Waals surface area contributed by atoms with Crippen molar-refractivity contribution >= 4 is 17.8 Å². The number of hydrogen-bond donors (Lipinski definition) is 4. The monoisotopic (exact) mass is 274 g/mol. The van der Waals surface area contributed by atoms with E-state index < -0.39 is 18.0 Å².